The average Bonchev–Trinajstić information content (AvgIpc) is 2.37. The number of nitro benzene ring substituents is 1. The van der Waals surface area contributed by atoms with Crippen LogP contribution in [0.5, 0.6) is 11.8 Å². The van der Waals surface area contributed by atoms with Gasteiger partial charge in [-0.25, -0.2) is 0 Å². The van der Waals surface area contributed by atoms with Crippen LogP contribution in [0.15, 0.2) is 18.2 Å². The Morgan fingerprint density at radius 3 is 2.62 bits per heavy atom. The van der Waals surface area contributed by atoms with Gasteiger partial charge in [0.15, 0.2) is 0 Å². The number of hydrogen-bond acceptors (Lipinski definition) is 8. The van der Waals surface area contributed by atoms with Crippen LogP contribution in [0.2, 0.25) is 0 Å². The van der Waals surface area contributed by atoms with E-state index in [-0.39, 0.29) is 23.4 Å². The van der Waals surface area contributed by atoms with Gasteiger partial charge in [-0.05, 0) is 13.0 Å². The first-order valence-corrected chi connectivity index (χ1v) is 5.99. The summed E-state index contributed by atoms with van der Waals surface area (Å²) in [6, 6.07) is 4.65. The molecule has 0 aliphatic rings. The van der Waals surface area contributed by atoms with Gasteiger partial charge in [0.25, 0.3) is 0 Å². The molecule has 0 saturated heterocycles. The fourth-order valence-electron chi connectivity index (χ4n) is 1.65. The van der Waals surface area contributed by atoms with Gasteiger partial charge in [-0.2, -0.15) is 15.0 Å². The monoisotopic (exact) mass is 290 g/mol. The SMILES string of the molecule is Cc1cccc(Oc2nc(N)nc(N(C)C)n2)c1[N+](=O)[O-]. The van der Waals surface area contributed by atoms with Gasteiger partial charge >= 0.3 is 11.7 Å². The molecule has 0 radical (unpaired) electrons. The third kappa shape index (κ3) is 3.14. The second-order valence-corrected chi connectivity index (χ2v) is 4.45. The minimum Gasteiger partial charge on any atom is -0.417 e. The summed E-state index contributed by atoms with van der Waals surface area (Å²) in [5.41, 5.74) is 5.92. The predicted molar refractivity (Wildman–Crippen MR) is 76.5 cm³/mol. The maximum absolute atomic E-state index is 11.1. The van der Waals surface area contributed by atoms with Crippen LogP contribution >= 0.6 is 0 Å². The number of benzene rings is 1. The van der Waals surface area contributed by atoms with Crippen molar-refractivity contribution in [3.05, 3.63) is 33.9 Å². The van der Waals surface area contributed by atoms with E-state index in [1.807, 2.05) is 0 Å². The van der Waals surface area contributed by atoms with E-state index in [0.717, 1.165) is 0 Å². The maximum Gasteiger partial charge on any atom is 0.328 e. The lowest BCUT2D eigenvalue weighted by Gasteiger charge is -2.11. The normalized spacial score (nSPS) is 10.2. The van der Waals surface area contributed by atoms with Crippen molar-refractivity contribution in [2.45, 2.75) is 6.92 Å². The second kappa shape index (κ2) is 5.57. The lowest BCUT2D eigenvalue weighted by molar-refractivity contribution is -0.386. The van der Waals surface area contributed by atoms with Gasteiger partial charge < -0.3 is 15.4 Å². The highest BCUT2D eigenvalue weighted by atomic mass is 16.6. The number of aromatic nitrogens is 3. The molecule has 0 unspecified atom stereocenters. The van der Waals surface area contributed by atoms with Crippen molar-refractivity contribution in [3.63, 3.8) is 0 Å². The molecule has 0 aliphatic heterocycles. The molecule has 1 aromatic heterocycles. The van der Waals surface area contributed by atoms with E-state index in [9.17, 15) is 10.1 Å². The second-order valence-electron chi connectivity index (χ2n) is 4.45. The highest BCUT2D eigenvalue weighted by molar-refractivity contribution is 5.53. The highest BCUT2D eigenvalue weighted by Gasteiger charge is 2.20. The van der Waals surface area contributed by atoms with E-state index in [2.05, 4.69) is 15.0 Å². The lowest BCUT2D eigenvalue weighted by Crippen LogP contribution is -2.15. The van der Waals surface area contributed by atoms with E-state index < -0.39 is 4.92 Å². The zero-order valence-electron chi connectivity index (χ0n) is 11.8. The Hall–Kier alpha value is -2.97. The van der Waals surface area contributed by atoms with Gasteiger partial charge in [-0.15, -0.1) is 0 Å². The number of nitrogens with zero attached hydrogens (tertiary/aromatic N) is 5. The van der Waals surface area contributed by atoms with Crippen LogP contribution in [0.25, 0.3) is 0 Å². The smallest absolute Gasteiger partial charge is 0.328 e. The first-order valence-electron chi connectivity index (χ1n) is 5.99. The molecule has 110 valence electrons. The van der Waals surface area contributed by atoms with Crippen molar-refractivity contribution >= 4 is 17.6 Å². The zero-order valence-corrected chi connectivity index (χ0v) is 11.8. The molecule has 1 aromatic carbocycles. The Balaban J connectivity index is 2.43. The van der Waals surface area contributed by atoms with Crippen LogP contribution in [0.3, 0.4) is 0 Å². The zero-order chi connectivity index (χ0) is 15.6. The van der Waals surface area contributed by atoms with E-state index in [4.69, 9.17) is 10.5 Å². The summed E-state index contributed by atoms with van der Waals surface area (Å²) in [5.74, 6) is 0.321. The molecule has 0 bridgehead atoms. The Kier molecular flexibility index (Phi) is 3.83. The Morgan fingerprint density at radius 1 is 1.29 bits per heavy atom. The first-order chi connectivity index (χ1) is 9.88. The molecular weight excluding hydrogens is 276 g/mol. The third-order valence-corrected chi connectivity index (χ3v) is 2.60. The number of anilines is 2. The van der Waals surface area contributed by atoms with Crippen LogP contribution in [0.1, 0.15) is 5.56 Å². The van der Waals surface area contributed by atoms with Crippen LogP contribution < -0.4 is 15.4 Å². The van der Waals surface area contributed by atoms with Crippen molar-refractivity contribution in [1.82, 2.24) is 15.0 Å². The van der Waals surface area contributed by atoms with Gasteiger partial charge in [-0.3, -0.25) is 10.1 Å². The Bertz CT molecular complexity index is 689. The van der Waals surface area contributed by atoms with Crippen molar-refractivity contribution in [1.29, 1.82) is 0 Å². The first kappa shape index (κ1) is 14.4. The number of nitrogen functional groups attached to an aromatic ring is 1. The van der Waals surface area contributed by atoms with Crippen molar-refractivity contribution in [2.75, 3.05) is 24.7 Å². The summed E-state index contributed by atoms with van der Waals surface area (Å²) in [6.07, 6.45) is 0. The molecule has 0 amide bonds. The quantitative estimate of drug-likeness (QED) is 0.664. The molecule has 0 spiro atoms. The van der Waals surface area contributed by atoms with Crippen LogP contribution in [0, 0.1) is 17.0 Å². The van der Waals surface area contributed by atoms with Crippen molar-refractivity contribution in [2.24, 2.45) is 0 Å². The number of hydrogen-bond donors (Lipinski definition) is 1. The molecule has 2 rings (SSSR count). The molecule has 9 nitrogen and oxygen atoms in total. The van der Waals surface area contributed by atoms with Crippen LogP contribution in [-0.2, 0) is 0 Å². The molecule has 0 atom stereocenters. The summed E-state index contributed by atoms with van der Waals surface area (Å²) >= 11 is 0. The average molecular weight is 290 g/mol. The Labute approximate surface area is 120 Å². The molecular formula is C12H14N6O3. The molecule has 2 N–H and O–H groups in total. The molecule has 0 fully saturated rings. The minimum absolute atomic E-state index is 0.0287. The van der Waals surface area contributed by atoms with Crippen molar-refractivity contribution in [3.8, 4) is 11.8 Å². The van der Waals surface area contributed by atoms with Crippen LogP contribution in [-0.4, -0.2) is 34.0 Å². The van der Waals surface area contributed by atoms with Gasteiger partial charge in [0.05, 0.1) is 4.92 Å². The summed E-state index contributed by atoms with van der Waals surface area (Å²) < 4.78 is 5.41. The summed E-state index contributed by atoms with van der Waals surface area (Å²) in [7, 11) is 3.46. The van der Waals surface area contributed by atoms with Gasteiger partial charge in [0, 0.05) is 19.7 Å². The minimum atomic E-state index is -0.512. The molecule has 0 saturated carbocycles. The number of nitrogens with two attached hydrogens (primary N) is 1. The van der Waals surface area contributed by atoms with Crippen molar-refractivity contribution < 1.29 is 9.66 Å². The molecule has 1 heterocycles. The fourth-order valence-corrected chi connectivity index (χ4v) is 1.65. The molecule has 21 heavy (non-hydrogen) atoms. The number of rotatable bonds is 4. The summed E-state index contributed by atoms with van der Waals surface area (Å²) in [4.78, 5) is 24.0. The Morgan fingerprint density at radius 2 is 2.00 bits per heavy atom. The number of aryl methyl sites for hydroxylation is 1. The molecule has 0 aliphatic carbocycles. The molecule has 2 aromatic rings. The predicted octanol–water partition coefficient (Wildman–Crippen LogP) is 1.53. The van der Waals surface area contributed by atoms with Crippen LogP contribution in [0.4, 0.5) is 17.6 Å². The van der Waals surface area contributed by atoms with Gasteiger partial charge in [0.2, 0.25) is 17.6 Å². The lowest BCUT2D eigenvalue weighted by atomic mass is 10.2. The maximum atomic E-state index is 11.1. The summed E-state index contributed by atoms with van der Waals surface area (Å²) in [6.45, 7) is 1.62. The number of ether oxygens (including phenoxy) is 1. The fraction of sp³-hybridized carbons (Fsp3) is 0.250. The van der Waals surface area contributed by atoms with Gasteiger partial charge in [-0.1, -0.05) is 12.1 Å². The largest absolute Gasteiger partial charge is 0.417 e. The summed E-state index contributed by atoms with van der Waals surface area (Å²) in [5, 5.41) is 11.1. The molecule has 9 heteroatoms. The number of nitro groups is 1. The topological polar surface area (TPSA) is 120 Å². The van der Waals surface area contributed by atoms with E-state index in [1.165, 1.54) is 6.07 Å². The number of para-hydroxylation sites is 1. The third-order valence-electron chi connectivity index (χ3n) is 2.60. The standard InChI is InChI=1S/C12H14N6O3/c1-7-5-4-6-8(9(7)18(19)20)21-12-15-10(13)14-11(16-12)17(2)3/h4-6H,1-3H3,(H2,13,14,15,16). The van der Waals surface area contributed by atoms with E-state index >= 15 is 0 Å². The van der Waals surface area contributed by atoms with E-state index in [1.54, 1.807) is 38.1 Å². The highest BCUT2D eigenvalue weighted by Crippen LogP contribution is 2.33. The van der Waals surface area contributed by atoms with Gasteiger partial charge in [0.1, 0.15) is 0 Å². The van der Waals surface area contributed by atoms with E-state index in [0.29, 0.717) is 11.5 Å².